The van der Waals surface area contributed by atoms with Gasteiger partial charge in [-0.25, -0.2) is 32.3 Å². The minimum Gasteiger partial charge on any atom is -0.481 e. The third kappa shape index (κ3) is 15.2. The highest BCUT2D eigenvalue weighted by Crippen LogP contribution is 2.40. The summed E-state index contributed by atoms with van der Waals surface area (Å²) < 4.78 is 61.3. The molecule has 0 radical (unpaired) electrons. The van der Waals surface area contributed by atoms with E-state index in [0.29, 0.717) is 11.5 Å². The van der Waals surface area contributed by atoms with E-state index in [2.05, 4.69) is 25.3 Å². The molecule has 3 aromatic rings. The number of amides is 4. The largest absolute Gasteiger partial charge is 0.481 e. The summed E-state index contributed by atoms with van der Waals surface area (Å²) in [5, 5.41) is 15.8. The van der Waals surface area contributed by atoms with Gasteiger partial charge in [0, 0.05) is 37.4 Å². The second-order valence-electron chi connectivity index (χ2n) is 20.4. The SMILES string of the molecule is CC(C)(COC(C)(C)C(=O)ON1C(=O)CCC1=O)NC(=O)CC(C)(C)OCCC(C)(C)NC(=O)c1cnc(NS(=O)(=O)c2ccc(Oc3ccc(F)c(C(C)(C)CC(C)(C)C(=O)O)c3)cc2)nc1. The van der Waals surface area contributed by atoms with Crippen molar-refractivity contribution in [2.24, 2.45) is 5.41 Å². The van der Waals surface area contributed by atoms with Gasteiger partial charge in [-0.1, -0.05) is 13.8 Å². The zero-order valence-corrected chi connectivity index (χ0v) is 41.4. The van der Waals surface area contributed by atoms with Gasteiger partial charge in [0.1, 0.15) is 17.3 Å². The molecule has 2 heterocycles. The van der Waals surface area contributed by atoms with Gasteiger partial charge in [0.25, 0.3) is 27.7 Å². The first-order valence-corrected chi connectivity index (χ1v) is 23.3. The Balaban J connectivity index is 1.24. The van der Waals surface area contributed by atoms with E-state index in [4.69, 9.17) is 19.0 Å². The van der Waals surface area contributed by atoms with Crippen LogP contribution in [0.1, 0.15) is 131 Å². The van der Waals surface area contributed by atoms with Crippen LogP contribution in [0.15, 0.2) is 59.8 Å². The number of sulfonamides is 1. The summed E-state index contributed by atoms with van der Waals surface area (Å²) in [6.07, 6.45) is 2.69. The maximum Gasteiger partial charge on any atom is 0.364 e. The Kier molecular flexibility index (Phi) is 16.6. The van der Waals surface area contributed by atoms with Gasteiger partial charge in [-0.2, -0.15) is 0 Å². The van der Waals surface area contributed by atoms with E-state index in [1.165, 1.54) is 68.7 Å². The van der Waals surface area contributed by atoms with E-state index < -0.39 is 78.6 Å². The molecule has 1 fully saturated rings. The van der Waals surface area contributed by atoms with Crippen molar-refractivity contribution in [2.75, 3.05) is 17.9 Å². The number of hydrogen-bond acceptors (Lipinski definition) is 14. The lowest BCUT2D eigenvalue weighted by Crippen LogP contribution is -2.52. The number of carbonyl (C=O) groups is 6. The lowest BCUT2D eigenvalue weighted by molar-refractivity contribution is -0.213. The normalized spacial score (nSPS) is 14.1. The number of anilines is 1. The lowest BCUT2D eigenvalue weighted by Gasteiger charge is -2.33. The third-order valence-corrected chi connectivity index (χ3v) is 12.2. The zero-order chi connectivity index (χ0) is 51.3. The van der Waals surface area contributed by atoms with Gasteiger partial charge in [-0.15, -0.1) is 5.06 Å². The fraction of sp³-hybridized carbons (Fsp3) is 0.532. The van der Waals surface area contributed by atoms with Crippen molar-refractivity contribution >= 4 is 51.5 Å². The number of nitrogens with one attached hydrogen (secondary N) is 3. The van der Waals surface area contributed by atoms with Crippen molar-refractivity contribution in [3.8, 4) is 11.5 Å². The number of nitrogens with zero attached hydrogens (tertiary/aromatic N) is 3. The maximum absolute atomic E-state index is 15.0. The van der Waals surface area contributed by atoms with E-state index in [9.17, 15) is 46.7 Å². The minimum absolute atomic E-state index is 0.0449. The van der Waals surface area contributed by atoms with Crippen LogP contribution in [-0.2, 0) is 53.7 Å². The van der Waals surface area contributed by atoms with E-state index in [1.54, 1.807) is 69.2 Å². The van der Waals surface area contributed by atoms with Crippen LogP contribution in [0.5, 0.6) is 11.5 Å². The molecule has 21 heteroatoms. The Morgan fingerprint density at radius 1 is 0.794 bits per heavy atom. The van der Waals surface area contributed by atoms with Crippen LogP contribution in [-0.4, -0.2) is 99.6 Å². The van der Waals surface area contributed by atoms with Crippen LogP contribution in [0.25, 0.3) is 0 Å². The quantitative estimate of drug-likeness (QED) is 0.0753. The standard InChI is InChI=1S/C47H63FN6O13S/c1-42(2,27-43(3,4)39(59)60)33-23-31(15-18-34(33)48)66-30-13-16-32(17-14-30)68(62,63)53-41-49-25-29(26-50-41)38(58)52-44(5,6)21-22-64-46(9,10)24-35(55)51-45(7,8)28-65-47(11,12)40(61)67-54-36(56)19-20-37(54)57/h13-18,23,25-26H,19-22,24,27-28H2,1-12H3,(H,51,55)(H,52,58)(H,59,60)(H,49,50,53). The molecular formula is C47H63FN6O13S. The summed E-state index contributed by atoms with van der Waals surface area (Å²) in [6.45, 7) is 19.9. The number of hydroxylamine groups is 2. The molecule has 0 bridgehead atoms. The molecule has 1 aromatic heterocycles. The Morgan fingerprint density at radius 2 is 1.37 bits per heavy atom. The molecule has 68 heavy (non-hydrogen) atoms. The second kappa shape index (κ2) is 20.7. The van der Waals surface area contributed by atoms with E-state index in [1.807, 2.05) is 0 Å². The fourth-order valence-corrected chi connectivity index (χ4v) is 8.01. The van der Waals surface area contributed by atoms with Crippen LogP contribution in [0.2, 0.25) is 0 Å². The first kappa shape index (κ1) is 54.5. The number of carboxylic acids is 1. The van der Waals surface area contributed by atoms with Gasteiger partial charge in [0.2, 0.25) is 11.9 Å². The van der Waals surface area contributed by atoms with E-state index in [0.717, 1.165) is 0 Å². The maximum atomic E-state index is 15.0. The van der Waals surface area contributed by atoms with Crippen LogP contribution < -0.4 is 20.1 Å². The number of hydrogen-bond donors (Lipinski definition) is 4. The summed E-state index contributed by atoms with van der Waals surface area (Å²) in [5.74, 6) is -4.35. The number of aliphatic carboxylic acids is 1. The number of carbonyl (C=O) groups excluding carboxylic acids is 5. The van der Waals surface area contributed by atoms with Gasteiger partial charge >= 0.3 is 11.9 Å². The Bertz CT molecular complexity index is 2470. The Labute approximate surface area is 396 Å². The average Bonchev–Trinajstić information content (AvgIpc) is 3.52. The molecule has 4 N–H and O–H groups in total. The van der Waals surface area contributed by atoms with Gasteiger partial charge in [0.05, 0.1) is 40.0 Å². The van der Waals surface area contributed by atoms with Gasteiger partial charge in [0.15, 0.2) is 5.60 Å². The summed E-state index contributed by atoms with van der Waals surface area (Å²) in [5.41, 5.74) is -5.88. The molecule has 1 aliphatic heterocycles. The van der Waals surface area contributed by atoms with Crippen molar-refractivity contribution in [2.45, 2.75) is 148 Å². The number of carboxylic acid groups (broad SMARTS) is 1. The lowest BCUT2D eigenvalue weighted by atomic mass is 9.71. The predicted molar refractivity (Wildman–Crippen MR) is 245 cm³/mol. The number of benzene rings is 2. The predicted octanol–water partition coefficient (Wildman–Crippen LogP) is 6.37. The molecule has 4 amide bonds. The van der Waals surface area contributed by atoms with Crippen LogP contribution in [0.3, 0.4) is 0 Å². The number of halogens is 1. The molecule has 372 valence electrons. The van der Waals surface area contributed by atoms with Gasteiger partial charge in [-0.05, 0) is 136 Å². The van der Waals surface area contributed by atoms with Gasteiger partial charge in [-0.3, -0.25) is 24.0 Å². The van der Waals surface area contributed by atoms with E-state index in [-0.39, 0.29) is 78.3 Å². The van der Waals surface area contributed by atoms with Crippen LogP contribution in [0, 0.1) is 11.2 Å². The molecule has 0 atom stereocenters. The van der Waals surface area contributed by atoms with Crippen molar-refractivity contribution in [1.82, 2.24) is 25.7 Å². The molecular weight excluding hydrogens is 908 g/mol. The summed E-state index contributed by atoms with van der Waals surface area (Å²) in [7, 11) is -4.18. The highest BCUT2D eigenvalue weighted by atomic mass is 32.2. The number of ether oxygens (including phenoxy) is 3. The van der Waals surface area contributed by atoms with Crippen molar-refractivity contribution in [3.05, 3.63) is 71.8 Å². The molecule has 4 rings (SSSR count). The Hall–Kier alpha value is -6.06. The summed E-state index contributed by atoms with van der Waals surface area (Å²) >= 11 is 0. The molecule has 0 saturated carbocycles. The molecule has 0 aliphatic carbocycles. The highest BCUT2D eigenvalue weighted by Gasteiger charge is 2.41. The fourth-order valence-electron chi connectivity index (χ4n) is 7.05. The molecule has 2 aromatic carbocycles. The van der Waals surface area contributed by atoms with Crippen LogP contribution in [0.4, 0.5) is 10.3 Å². The van der Waals surface area contributed by atoms with Crippen molar-refractivity contribution in [3.63, 3.8) is 0 Å². The number of rotatable bonds is 23. The third-order valence-electron chi connectivity index (χ3n) is 10.8. The Morgan fingerprint density at radius 3 is 1.94 bits per heavy atom. The topological polar surface area (TPSA) is 259 Å². The first-order chi connectivity index (χ1) is 31.1. The number of aromatic nitrogens is 2. The molecule has 0 unspecified atom stereocenters. The zero-order valence-electron chi connectivity index (χ0n) is 40.6. The minimum atomic E-state index is -4.18. The second-order valence-corrected chi connectivity index (χ2v) is 22.1. The number of imide groups is 1. The molecule has 0 spiro atoms. The smallest absolute Gasteiger partial charge is 0.364 e. The van der Waals surface area contributed by atoms with E-state index >= 15 is 0 Å². The van der Waals surface area contributed by atoms with Crippen LogP contribution >= 0.6 is 0 Å². The molecule has 1 saturated heterocycles. The first-order valence-electron chi connectivity index (χ1n) is 21.8. The average molecular weight is 971 g/mol. The van der Waals surface area contributed by atoms with Gasteiger partial charge < -0.3 is 34.8 Å². The highest BCUT2D eigenvalue weighted by molar-refractivity contribution is 7.92. The monoisotopic (exact) mass is 970 g/mol. The summed E-state index contributed by atoms with van der Waals surface area (Å²) in [4.78, 5) is 87.2. The van der Waals surface area contributed by atoms with Crippen molar-refractivity contribution in [1.29, 1.82) is 0 Å². The molecule has 19 nitrogen and oxygen atoms in total. The van der Waals surface area contributed by atoms with Crippen molar-refractivity contribution < 1.29 is 65.7 Å². The summed E-state index contributed by atoms with van der Waals surface area (Å²) in [6, 6.07) is 9.55. The molecule has 1 aliphatic rings.